The topological polar surface area (TPSA) is 75.4 Å². The molecule has 2 aromatic heterocycles. The first-order valence-electron chi connectivity index (χ1n) is 6.12. The van der Waals surface area contributed by atoms with E-state index in [1.54, 1.807) is 31.0 Å². The normalized spacial score (nSPS) is 10.3. The second-order valence-electron chi connectivity index (χ2n) is 4.14. The van der Waals surface area contributed by atoms with E-state index >= 15 is 0 Å². The zero-order valence-corrected chi connectivity index (χ0v) is 12.1. The lowest BCUT2D eigenvalue weighted by molar-refractivity contribution is -0.128. The number of rotatable bonds is 5. The smallest absolute Gasteiger partial charge is 0.271 e. The highest BCUT2D eigenvalue weighted by molar-refractivity contribution is 7.13. The first kappa shape index (κ1) is 14.3. The van der Waals surface area contributed by atoms with Crippen molar-refractivity contribution in [3.8, 4) is 10.6 Å². The van der Waals surface area contributed by atoms with Crippen LogP contribution >= 0.6 is 11.3 Å². The van der Waals surface area contributed by atoms with Gasteiger partial charge < -0.3 is 14.6 Å². The summed E-state index contributed by atoms with van der Waals surface area (Å²) in [5.41, 5.74) is 1.13. The number of carbonyl (C=O) groups excluding carboxylic acids is 2. The summed E-state index contributed by atoms with van der Waals surface area (Å²) >= 11 is 1.35. The van der Waals surface area contributed by atoms with Crippen molar-refractivity contribution in [1.82, 2.24) is 15.2 Å². The highest BCUT2D eigenvalue weighted by Crippen LogP contribution is 2.23. The third-order valence-corrected chi connectivity index (χ3v) is 3.70. The van der Waals surface area contributed by atoms with Gasteiger partial charge in [0.05, 0.1) is 12.8 Å². The maximum Gasteiger partial charge on any atom is 0.271 e. The number of amides is 2. The lowest BCUT2D eigenvalue weighted by Gasteiger charge is -2.14. The Morgan fingerprint density at radius 1 is 1.50 bits per heavy atom. The predicted octanol–water partition coefficient (Wildman–Crippen LogP) is 1.61. The fourth-order valence-electron chi connectivity index (χ4n) is 1.45. The highest BCUT2D eigenvalue weighted by atomic mass is 32.1. The van der Waals surface area contributed by atoms with Gasteiger partial charge in [-0.2, -0.15) is 0 Å². The molecule has 1 N–H and O–H groups in total. The molecule has 0 unspecified atom stereocenters. The number of hydrogen-bond acceptors (Lipinski definition) is 5. The van der Waals surface area contributed by atoms with Crippen molar-refractivity contribution in [2.24, 2.45) is 0 Å². The number of thiazole rings is 1. The van der Waals surface area contributed by atoms with Crippen LogP contribution in [0.1, 0.15) is 17.4 Å². The van der Waals surface area contributed by atoms with Gasteiger partial charge in [0.2, 0.25) is 5.91 Å². The minimum Gasteiger partial charge on any atom is -0.472 e. The van der Waals surface area contributed by atoms with Crippen molar-refractivity contribution in [1.29, 1.82) is 0 Å². The number of nitrogens with one attached hydrogen (secondary N) is 1. The minimum atomic E-state index is -0.353. The Hall–Kier alpha value is -2.15. The molecule has 0 saturated heterocycles. The molecule has 0 fully saturated rings. The number of hydrogen-bond donors (Lipinski definition) is 1. The maximum atomic E-state index is 11.9. The average Bonchev–Trinajstić information content (AvgIpc) is 3.12. The van der Waals surface area contributed by atoms with E-state index in [1.807, 2.05) is 6.92 Å². The van der Waals surface area contributed by atoms with E-state index in [0.29, 0.717) is 17.2 Å². The fourth-order valence-corrected chi connectivity index (χ4v) is 2.24. The van der Waals surface area contributed by atoms with E-state index in [-0.39, 0.29) is 18.4 Å². The van der Waals surface area contributed by atoms with Crippen LogP contribution in [0, 0.1) is 0 Å². The summed E-state index contributed by atoms with van der Waals surface area (Å²) in [6.45, 7) is 2.45. The molecule has 0 bridgehead atoms. The Kier molecular flexibility index (Phi) is 4.52. The summed E-state index contributed by atoms with van der Waals surface area (Å²) in [5.74, 6) is -0.486. The summed E-state index contributed by atoms with van der Waals surface area (Å²) in [6, 6.07) is 1.78. The molecule has 0 aliphatic rings. The number of likely N-dealkylation sites (N-methyl/N-ethyl adjacent to an activating group) is 1. The second-order valence-corrected chi connectivity index (χ2v) is 5.00. The van der Waals surface area contributed by atoms with Gasteiger partial charge in [0.15, 0.2) is 0 Å². The Labute approximate surface area is 120 Å². The second kappa shape index (κ2) is 6.33. The third kappa shape index (κ3) is 3.24. The molecule has 106 valence electrons. The third-order valence-electron chi connectivity index (χ3n) is 2.81. The molecule has 0 radical (unpaired) electrons. The monoisotopic (exact) mass is 293 g/mol. The van der Waals surface area contributed by atoms with Crippen molar-refractivity contribution in [3.63, 3.8) is 0 Å². The number of furan rings is 1. The first-order chi connectivity index (χ1) is 9.61. The standard InChI is InChI=1S/C13H15N3O3S/c1-3-16(2)11(17)6-14-12(18)10-8-20-13(15-10)9-4-5-19-7-9/h4-5,7-8H,3,6H2,1-2H3,(H,14,18). The lowest BCUT2D eigenvalue weighted by Crippen LogP contribution is -2.38. The Balaban J connectivity index is 1.95. The van der Waals surface area contributed by atoms with Gasteiger partial charge in [-0.1, -0.05) is 0 Å². The van der Waals surface area contributed by atoms with Crippen LogP contribution in [0.25, 0.3) is 10.6 Å². The van der Waals surface area contributed by atoms with E-state index in [9.17, 15) is 9.59 Å². The quantitative estimate of drug-likeness (QED) is 0.908. The van der Waals surface area contributed by atoms with Crippen molar-refractivity contribution < 1.29 is 14.0 Å². The minimum absolute atomic E-state index is 0.0260. The average molecular weight is 293 g/mol. The zero-order chi connectivity index (χ0) is 14.5. The molecular weight excluding hydrogens is 278 g/mol. The van der Waals surface area contributed by atoms with Crippen LogP contribution in [0.2, 0.25) is 0 Å². The van der Waals surface area contributed by atoms with Gasteiger partial charge in [0.25, 0.3) is 5.91 Å². The number of aromatic nitrogens is 1. The first-order valence-corrected chi connectivity index (χ1v) is 7.00. The van der Waals surface area contributed by atoms with Gasteiger partial charge in [-0.15, -0.1) is 11.3 Å². The van der Waals surface area contributed by atoms with Crippen LogP contribution in [-0.4, -0.2) is 41.8 Å². The van der Waals surface area contributed by atoms with E-state index in [2.05, 4.69) is 10.3 Å². The zero-order valence-electron chi connectivity index (χ0n) is 11.3. The molecule has 6 nitrogen and oxygen atoms in total. The number of nitrogens with zero attached hydrogens (tertiary/aromatic N) is 2. The summed E-state index contributed by atoms with van der Waals surface area (Å²) in [5, 5.41) is 4.93. The molecule has 2 aromatic rings. The van der Waals surface area contributed by atoms with Crippen molar-refractivity contribution in [2.45, 2.75) is 6.92 Å². The Morgan fingerprint density at radius 3 is 2.95 bits per heavy atom. The fraction of sp³-hybridized carbons (Fsp3) is 0.308. The molecular formula is C13H15N3O3S. The van der Waals surface area contributed by atoms with Crippen molar-refractivity contribution >= 4 is 23.2 Å². The summed E-state index contributed by atoms with van der Waals surface area (Å²) in [6.07, 6.45) is 3.12. The van der Waals surface area contributed by atoms with Gasteiger partial charge in [-0.05, 0) is 13.0 Å². The highest BCUT2D eigenvalue weighted by Gasteiger charge is 2.14. The van der Waals surface area contributed by atoms with Crippen LogP contribution in [0.5, 0.6) is 0 Å². The molecule has 0 aliphatic carbocycles. The largest absolute Gasteiger partial charge is 0.472 e. The predicted molar refractivity (Wildman–Crippen MR) is 75.5 cm³/mol. The van der Waals surface area contributed by atoms with E-state index in [4.69, 9.17) is 4.42 Å². The molecule has 0 aliphatic heterocycles. The summed E-state index contributed by atoms with van der Waals surface area (Å²) < 4.78 is 4.97. The van der Waals surface area contributed by atoms with E-state index in [0.717, 1.165) is 5.56 Å². The molecule has 2 amide bonds. The summed E-state index contributed by atoms with van der Waals surface area (Å²) in [7, 11) is 1.69. The molecule has 0 spiro atoms. The number of carbonyl (C=O) groups is 2. The lowest BCUT2D eigenvalue weighted by atomic mass is 10.3. The van der Waals surface area contributed by atoms with Crippen LogP contribution in [0.3, 0.4) is 0 Å². The van der Waals surface area contributed by atoms with Gasteiger partial charge >= 0.3 is 0 Å². The SMILES string of the molecule is CCN(C)C(=O)CNC(=O)c1csc(-c2ccoc2)n1. The molecule has 7 heteroatoms. The van der Waals surface area contributed by atoms with Gasteiger partial charge in [0.1, 0.15) is 17.0 Å². The van der Waals surface area contributed by atoms with Crippen molar-refractivity contribution in [2.75, 3.05) is 20.1 Å². The molecule has 2 heterocycles. The molecule has 0 atom stereocenters. The summed E-state index contributed by atoms with van der Waals surface area (Å²) in [4.78, 5) is 29.2. The van der Waals surface area contributed by atoms with Gasteiger partial charge in [-0.25, -0.2) is 4.98 Å². The van der Waals surface area contributed by atoms with Crippen LogP contribution in [0.15, 0.2) is 28.4 Å². The van der Waals surface area contributed by atoms with Gasteiger partial charge in [0, 0.05) is 24.5 Å². The maximum absolute atomic E-state index is 11.9. The Morgan fingerprint density at radius 2 is 2.30 bits per heavy atom. The van der Waals surface area contributed by atoms with E-state index < -0.39 is 0 Å². The molecule has 2 rings (SSSR count). The van der Waals surface area contributed by atoms with Crippen molar-refractivity contribution in [3.05, 3.63) is 29.7 Å². The van der Waals surface area contributed by atoms with E-state index in [1.165, 1.54) is 16.2 Å². The van der Waals surface area contributed by atoms with Crippen LogP contribution in [-0.2, 0) is 4.79 Å². The van der Waals surface area contributed by atoms with Crippen LogP contribution in [0.4, 0.5) is 0 Å². The Bertz CT molecular complexity index is 592. The molecule has 20 heavy (non-hydrogen) atoms. The van der Waals surface area contributed by atoms with Crippen LogP contribution < -0.4 is 5.32 Å². The van der Waals surface area contributed by atoms with Gasteiger partial charge in [-0.3, -0.25) is 9.59 Å². The molecule has 0 aromatic carbocycles. The molecule has 0 saturated carbocycles.